The molecule has 9 heteroatoms. The number of esters is 1. The molecule has 0 fully saturated rings. The molecule has 4 rings (SSSR count). The number of aryl methyl sites for hydroxylation is 1. The second-order valence-electron chi connectivity index (χ2n) is 8.56. The predicted molar refractivity (Wildman–Crippen MR) is 142 cm³/mol. The summed E-state index contributed by atoms with van der Waals surface area (Å²) in [6.45, 7) is 5.13. The first kappa shape index (κ1) is 27.0. The fraction of sp³-hybridized carbons (Fsp3) is 0.241. The molecular weight excluding hydrogens is 507 g/mol. The highest BCUT2D eigenvalue weighted by Crippen LogP contribution is 2.42. The zero-order valence-electron chi connectivity index (χ0n) is 21.7. The van der Waals surface area contributed by atoms with E-state index in [9.17, 15) is 19.0 Å². The van der Waals surface area contributed by atoms with Crippen molar-refractivity contribution in [3.8, 4) is 28.4 Å². The zero-order valence-corrected chi connectivity index (χ0v) is 22.6. The van der Waals surface area contributed by atoms with Crippen LogP contribution in [0.1, 0.15) is 52.8 Å². The summed E-state index contributed by atoms with van der Waals surface area (Å²) in [5.74, 6) is 1.02. The summed E-state index contributed by atoms with van der Waals surface area (Å²) in [5, 5.41) is 0.444. The molecule has 0 radical (unpaired) electrons. The number of Topliss-reactive ketones (excluding diaryl/α,β-unsaturated/α-hetero) is 1. The molecule has 38 heavy (non-hydrogen) atoms. The molecule has 1 unspecified atom stereocenters. The van der Waals surface area contributed by atoms with Gasteiger partial charge in [0.25, 0.3) is 0 Å². The average Bonchev–Trinajstić information content (AvgIpc) is 3.30. The Morgan fingerprint density at radius 3 is 2.05 bits per heavy atom. The monoisotopic (exact) mass is 534 g/mol. The number of carbonyl (C=O) groups is 2. The number of ether oxygens (including phenoxy) is 3. The SMILES string of the molecule is CCc1oc2cc([P+](=O)[O-])c(CC)c(C(=O)Oc3ccc(C(C)=O)cc3)c2c1-c1cc(OC)cc(OC)c1. The van der Waals surface area contributed by atoms with Crippen LogP contribution in [0.2, 0.25) is 0 Å². The second kappa shape index (κ2) is 11.2. The van der Waals surface area contributed by atoms with Crippen LogP contribution in [0.5, 0.6) is 17.2 Å². The van der Waals surface area contributed by atoms with Crippen molar-refractivity contribution in [2.75, 3.05) is 14.2 Å². The van der Waals surface area contributed by atoms with E-state index in [2.05, 4.69) is 0 Å². The van der Waals surface area contributed by atoms with Gasteiger partial charge in [-0.25, -0.2) is 4.79 Å². The van der Waals surface area contributed by atoms with Crippen LogP contribution in [-0.2, 0) is 17.4 Å². The fourth-order valence-corrected chi connectivity index (χ4v) is 5.22. The topological polar surface area (TPSA) is 115 Å². The molecule has 4 aromatic rings. The highest BCUT2D eigenvalue weighted by molar-refractivity contribution is 7.46. The van der Waals surface area contributed by atoms with Crippen molar-refractivity contribution in [3.05, 3.63) is 71.0 Å². The predicted octanol–water partition coefficient (Wildman–Crippen LogP) is 5.39. The van der Waals surface area contributed by atoms with Crippen LogP contribution in [-0.4, -0.2) is 26.0 Å². The first-order valence-corrected chi connectivity index (χ1v) is 13.2. The van der Waals surface area contributed by atoms with Gasteiger partial charge in [0.05, 0.1) is 19.8 Å². The Hall–Kier alpha value is -4.00. The molecule has 0 bridgehead atoms. The summed E-state index contributed by atoms with van der Waals surface area (Å²) in [6.07, 6.45) is 0.737. The second-order valence-corrected chi connectivity index (χ2v) is 9.55. The minimum Gasteiger partial charge on any atom is -0.591 e. The number of benzene rings is 3. The van der Waals surface area contributed by atoms with Crippen molar-refractivity contribution >= 4 is 36.1 Å². The molecule has 0 aliphatic rings. The van der Waals surface area contributed by atoms with E-state index in [1.807, 2.05) is 6.92 Å². The van der Waals surface area contributed by atoms with E-state index >= 15 is 0 Å². The van der Waals surface area contributed by atoms with E-state index in [-0.39, 0.29) is 34.4 Å². The first-order chi connectivity index (χ1) is 18.2. The molecule has 1 heterocycles. The largest absolute Gasteiger partial charge is 0.591 e. The number of hydrogen-bond acceptors (Lipinski definition) is 8. The van der Waals surface area contributed by atoms with Crippen molar-refractivity contribution in [1.82, 2.24) is 0 Å². The Morgan fingerprint density at radius 1 is 0.921 bits per heavy atom. The van der Waals surface area contributed by atoms with Gasteiger partial charge in [0.1, 0.15) is 28.6 Å². The maximum Gasteiger partial charge on any atom is 0.349 e. The highest BCUT2D eigenvalue weighted by atomic mass is 31.1. The number of rotatable bonds is 9. The van der Waals surface area contributed by atoms with Gasteiger partial charge in [-0.05, 0) is 55.3 Å². The number of furan rings is 1. The van der Waals surface area contributed by atoms with Gasteiger partial charge < -0.3 is 23.5 Å². The molecular formula is C29H27O8P. The molecule has 0 amide bonds. The van der Waals surface area contributed by atoms with E-state index < -0.39 is 14.0 Å². The molecule has 0 N–H and O–H groups in total. The Labute approximate surface area is 221 Å². The molecule has 1 aromatic heterocycles. The smallest absolute Gasteiger partial charge is 0.349 e. The van der Waals surface area contributed by atoms with Gasteiger partial charge in [-0.3, -0.25) is 4.79 Å². The summed E-state index contributed by atoms with van der Waals surface area (Å²) in [7, 11) is 0.0547. The van der Waals surface area contributed by atoms with Crippen LogP contribution < -0.4 is 24.4 Å². The van der Waals surface area contributed by atoms with Crippen molar-refractivity contribution in [1.29, 1.82) is 0 Å². The van der Waals surface area contributed by atoms with Gasteiger partial charge in [-0.1, -0.05) is 18.4 Å². The average molecular weight is 535 g/mol. The Balaban J connectivity index is 2.02. The maximum absolute atomic E-state index is 13.8. The zero-order chi connectivity index (χ0) is 27.6. The fourth-order valence-electron chi connectivity index (χ4n) is 4.51. The summed E-state index contributed by atoms with van der Waals surface area (Å²) >= 11 is 0. The summed E-state index contributed by atoms with van der Waals surface area (Å²) in [5.41, 5.74) is 2.47. The first-order valence-electron chi connectivity index (χ1n) is 12.0. The van der Waals surface area contributed by atoms with Gasteiger partial charge in [-0.2, -0.15) is 0 Å². The van der Waals surface area contributed by atoms with E-state index in [0.29, 0.717) is 51.3 Å². The highest BCUT2D eigenvalue weighted by Gasteiger charge is 2.31. The van der Waals surface area contributed by atoms with Gasteiger partial charge in [0.2, 0.25) is 0 Å². The number of fused-ring (bicyclic) bond motifs is 1. The molecule has 0 aliphatic heterocycles. The van der Waals surface area contributed by atoms with Crippen LogP contribution in [0.15, 0.2) is 52.9 Å². The molecule has 0 saturated carbocycles. The number of hydrogen-bond donors (Lipinski definition) is 0. The van der Waals surface area contributed by atoms with Gasteiger partial charge >= 0.3 is 14.0 Å². The summed E-state index contributed by atoms with van der Waals surface area (Å²) < 4.78 is 35.0. The number of carbonyl (C=O) groups excluding carboxylic acids is 2. The van der Waals surface area contributed by atoms with Gasteiger partial charge in [0, 0.05) is 40.6 Å². The Bertz CT molecular complexity index is 1530. The minimum atomic E-state index is -3.03. The van der Waals surface area contributed by atoms with E-state index in [1.54, 1.807) is 51.5 Å². The lowest BCUT2D eigenvalue weighted by Gasteiger charge is -2.13. The molecule has 196 valence electrons. The van der Waals surface area contributed by atoms with E-state index in [1.165, 1.54) is 25.1 Å². The van der Waals surface area contributed by atoms with Crippen LogP contribution in [0.4, 0.5) is 0 Å². The summed E-state index contributed by atoms with van der Waals surface area (Å²) in [6, 6.07) is 13.0. The number of ketones is 1. The van der Waals surface area contributed by atoms with Crippen LogP contribution >= 0.6 is 8.03 Å². The third-order valence-corrected chi connectivity index (χ3v) is 7.12. The molecule has 3 aromatic carbocycles. The standard InChI is InChI=1S/C29H27O8P/c1-6-22-25(38(32)33)15-24-28(27(22)29(31)36-19-10-8-17(9-11-19)16(3)30)26(23(7-2)37-24)18-12-20(34-4)14-21(13-18)35-5/h8-15H,6-7H2,1-5H3. The van der Waals surface area contributed by atoms with Crippen molar-refractivity contribution in [2.24, 2.45) is 0 Å². The molecule has 1 atom stereocenters. The van der Waals surface area contributed by atoms with Crippen LogP contribution in [0.25, 0.3) is 22.1 Å². The third kappa shape index (κ3) is 5.05. The third-order valence-electron chi connectivity index (χ3n) is 6.32. The quantitative estimate of drug-likeness (QED) is 0.121. The summed E-state index contributed by atoms with van der Waals surface area (Å²) in [4.78, 5) is 37.6. The van der Waals surface area contributed by atoms with Gasteiger partial charge in [0.15, 0.2) is 11.1 Å². The lowest BCUT2D eigenvalue weighted by Crippen LogP contribution is -2.19. The Kier molecular flexibility index (Phi) is 7.95. The lowest BCUT2D eigenvalue weighted by molar-refractivity contribution is -0.160. The van der Waals surface area contributed by atoms with E-state index in [0.717, 1.165) is 0 Å². The van der Waals surface area contributed by atoms with Crippen LogP contribution in [0.3, 0.4) is 0 Å². The van der Waals surface area contributed by atoms with Crippen molar-refractivity contribution < 1.29 is 37.7 Å². The maximum atomic E-state index is 13.8. The molecule has 8 nitrogen and oxygen atoms in total. The number of methoxy groups -OCH3 is 2. The minimum absolute atomic E-state index is 0.0000495. The normalized spacial score (nSPS) is 11.4. The van der Waals surface area contributed by atoms with Crippen molar-refractivity contribution in [3.63, 3.8) is 0 Å². The lowest BCUT2D eigenvalue weighted by atomic mass is 9.93. The van der Waals surface area contributed by atoms with Crippen LogP contribution in [0, 0.1) is 0 Å². The molecule has 0 aliphatic carbocycles. The van der Waals surface area contributed by atoms with E-state index in [4.69, 9.17) is 18.6 Å². The molecule has 0 spiro atoms. The van der Waals surface area contributed by atoms with Gasteiger partial charge in [-0.15, -0.1) is 0 Å². The molecule has 0 saturated heterocycles. The van der Waals surface area contributed by atoms with Crippen molar-refractivity contribution in [2.45, 2.75) is 33.6 Å². The Morgan fingerprint density at radius 2 is 1.55 bits per heavy atom.